The van der Waals surface area contributed by atoms with Gasteiger partial charge >= 0.3 is 0 Å². The van der Waals surface area contributed by atoms with Crippen LogP contribution in [0.5, 0.6) is 0 Å². The number of pyridine rings is 1. The van der Waals surface area contributed by atoms with E-state index in [9.17, 15) is 4.79 Å². The molecule has 6 nitrogen and oxygen atoms in total. The van der Waals surface area contributed by atoms with Gasteiger partial charge < -0.3 is 9.47 Å². The van der Waals surface area contributed by atoms with E-state index >= 15 is 0 Å². The minimum absolute atomic E-state index is 0.0489. The lowest BCUT2D eigenvalue weighted by Crippen LogP contribution is -2.29. The molecule has 0 saturated carbocycles. The van der Waals surface area contributed by atoms with Crippen LogP contribution in [0.3, 0.4) is 0 Å². The topological polar surface area (TPSA) is 54.3 Å². The Morgan fingerprint density at radius 1 is 1.12 bits per heavy atom. The van der Waals surface area contributed by atoms with Gasteiger partial charge in [-0.2, -0.15) is 0 Å². The van der Waals surface area contributed by atoms with Gasteiger partial charge in [-0.05, 0) is 24.3 Å². The van der Waals surface area contributed by atoms with E-state index in [1.54, 1.807) is 17.0 Å². The highest BCUT2D eigenvalue weighted by atomic mass is 16.1. The lowest BCUT2D eigenvalue weighted by molar-refractivity contribution is 0.308. The van der Waals surface area contributed by atoms with Crippen molar-refractivity contribution in [3.8, 4) is 0 Å². The summed E-state index contributed by atoms with van der Waals surface area (Å²) in [6.45, 7) is 7.32. The number of hydrogen-bond donors (Lipinski definition) is 0. The van der Waals surface area contributed by atoms with E-state index in [0.717, 1.165) is 44.2 Å². The number of nitrogens with zero attached hydrogens (tertiary/aromatic N) is 5. The van der Waals surface area contributed by atoms with E-state index in [-0.39, 0.29) is 5.56 Å². The first-order chi connectivity index (χ1) is 11.6. The minimum atomic E-state index is 0.0489. The summed E-state index contributed by atoms with van der Waals surface area (Å²) in [5.41, 5.74) is 2.28. The Morgan fingerprint density at radius 2 is 1.88 bits per heavy atom. The molecule has 2 aliphatic rings. The van der Waals surface area contributed by atoms with E-state index in [0.29, 0.717) is 11.8 Å². The molecule has 0 aliphatic carbocycles. The third kappa shape index (κ3) is 2.94. The van der Waals surface area contributed by atoms with E-state index in [1.807, 2.05) is 26.2 Å². The van der Waals surface area contributed by atoms with Crippen molar-refractivity contribution in [1.82, 2.24) is 19.4 Å². The van der Waals surface area contributed by atoms with Crippen LogP contribution < -0.4 is 10.5 Å². The quantitative estimate of drug-likeness (QED) is 0.844. The van der Waals surface area contributed by atoms with Gasteiger partial charge in [0.2, 0.25) is 5.56 Å². The first-order valence-corrected chi connectivity index (χ1v) is 8.50. The molecular formula is C18H23N5O. The average molecular weight is 325 g/mol. The minimum Gasteiger partial charge on any atom is -0.356 e. The molecule has 0 spiro atoms. The van der Waals surface area contributed by atoms with Gasteiger partial charge in [0.15, 0.2) is 0 Å². The monoisotopic (exact) mass is 325 g/mol. The van der Waals surface area contributed by atoms with Gasteiger partial charge in [0, 0.05) is 63.8 Å². The van der Waals surface area contributed by atoms with Crippen molar-refractivity contribution < 1.29 is 0 Å². The summed E-state index contributed by atoms with van der Waals surface area (Å²) in [6.07, 6.45) is 3.61. The number of aromatic nitrogens is 3. The lowest BCUT2D eigenvalue weighted by Gasteiger charge is -2.22. The van der Waals surface area contributed by atoms with E-state index in [4.69, 9.17) is 0 Å². The highest BCUT2D eigenvalue weighted by Crippen LogP contribution is 2.33. The van der Waals surface area contributed by atoms with Crippen molar-refractivity contribution in [2.45, 2.75) is 13.5 Å². The fraction of sp³-hybridized carbons (Fsp3) is 0.500. The number of likely N-dealkylation sites (tertiary alicyclic amines) is 1. The van der Waals surface area contributed by atoms with E-state index < -0.39 is 0 Å². The summed E-state index contributed by atoms with van der Waals surface area (Å²) in [4.78, 5) is 25.0. The summed E-state index contributed by atoms with van der Waals surface area (Å²) in [5, 5.41) is 0. The van der Waals surface area contributed by atoms with E-state index in [1.165, 1.54) is 5.56 Å². The maximum atomic E-state index is 11.5. The summed E-state index contributed by atoms with van der Waals surface area (Å²) in [5.74, 6) is 2.46. The molecule has 2 fully saturated rings. The van der Waals surface area contributed by atoms with Crippen molar-refractivity contribution >= 4 is 5.82 Å². The highest BCUT2D eigenvalue weighted by molar-refractivity contribution is 5.40. The van der Waals surface area contributed by atoms with Gasteiger partial charge in [0.25, 0.3) is 0 Å². The molecule has 4 heterocycles. The Kier molecular flexibility index (Phi) is 3.84. The SMILES string of the molecule is Cc1cc(N2CC3CN(Cc4ccc(=O)n(C)c4)CC3C2)ncn1. The molecule has 126 valence electrons. The molecular weight excluding hydrogens is 302 g/mol. The summed E-state index contributed by atoms with van der Waals surface area (Å²) < 4.78 is 1.66. The van der Waals surface area contributed by atoms with Gasteiger partial charge in [-0.25, -0.2) is 9.97 Å². The zero-order valence-electron chi connectivity index (χ0n) is 14.2. The average Bonchev–Trinajstić information content (AvgIpc) is 3.09. The van der Waals surface area contributed by atoms with Crippen molar-refractivity contribution in [1.29, 1.82) is 0 Å². The zero-order chi connectivity index (χ0) is 16.7. The van der Waals surface area contributed by atoms with Crippen LogP contribution in [0.15, 0.2) is 35.5 Å². The van der Waals surface area contributed by atoms with Gasteiger partial charge in [0.05, 0.1) is 0 Å². The molecule has 2 aliphatic heterocycles. The molecule has 0 N–H and O–H groups in total. The predicted octanol–water partition coefficient (Wildman–Crippen LogP) is 1.05. The maximum absolute atomic E-state index is 11.5. The van der Waals surface area contributed by atoms with Gasteiger partial charge in [-0.15, -0.1) is 0 Å². The van der Waals surface area contributed by atoms with Crippen LogP contribution in [0.1, 0.15) is 11.3 Å². The lowest BCUT2D eigenvalue weighted by atomic mass is 10.0. The third-order valence-electron chi connectivity index (χ3n) is 5.23. The first-order valence-electron chi connectivity index (χ1n) is 8.50. The maximum Gasteiger partial charge on any atom is 0.250 e. The molecule has 24 heavy (non-hydrogen) atoms. The molecule has 4 rings (SSSR count). The summed E-state index contributed by atoms with van der Waals surface area (Å²) in [6, 6.07) is 5.68. The summed E-state index contributed by atoms with van der Waals surface area (Å²) >= 11 is 0. The van der Waals surface area contributed by atoms with Crippen molar-refractivity contribution in [2.24, 2.45) is 18.9 Å². The predicted molar refractivity (Wildman–Crippen MR) is 92.9 cm³/mol. The second-order valence-electron chi connectivity index (χ2n) is 7.12. The zero-order valence-corrected chi connectivity index (χ0v) is 14.2. The molecule has 2 saturated heterocycles. The Hall–Kier alpha value is -2.21. The van der Waals surface area contributed by atoms with Gasteiger partial charge in [-0.1, -0.05) is 6.07 Å². The molecule has 0 amide bonds. The van der Waals surface area contributed by atoms with Crippen LogP contribution in [0.4, 0.5) is 5.82 Å². The summed E-state index contributed by atoms with van der Waals surface area (Å²) in [7, 11) is 1.81. The Balaban J connectivity index is 1.39. The van der Waals surface area contributed by atoms with Crippen LogP contribution in [-0.4, -0.2) is 45.6 Å². The number of hydrogen-bond acceptors (Lipinski definition) is 5. The second kappa shape index (κ2) is 6.02. The normalized spacial score (nSPS) is 23.7. The third-order valence-corrected chi connectivity index (χ3v) is 5.23. The number of rotatable bonds is 3. The van der Waals surface area contributed by atoms with Crippen LogP contribution in [0, 0.1) is 18.8 Å². The van der Waals surface area contributed by atoms with Gasteiger partial charge in [0.1, 0.15) is 12.1 Å². The van der Waals surface area contributed by atoms with Crippen LogP contribution in [0.25, 0.3) is 0 Å². The van der Waals surface area contributed by atoms with Crippen LogP contribution in [0.2, 0.25) is 0 Å². The van der Waals surface area contributed by atoms with Crippen molar-refractivity contribution in [2.75, 3.05) is 31.1 Å². The molecule has 2 unspecified atom stereocenters. The van der Waals surface area contributed by atoms with E-state index in [2.05, 4.69) is 25.8 Å². The molecule has 0 bridgehead atoms. The fourth-order valence-corrected chi connectivity index (χ4v) is 4.02. The van der Waals surface area contributed by atoms with Gasteiger partial charge in [-0.3, -0.25) is 9.69 Å². The van der Waals surface area contributed by atoms with Crippen LogP contribution in [-0.2, 0) is 13.6 Å². The van der Waals surface area contributed by atoms with Crippen LogP contribution >= 0.6 is 0 Å². The molecule has 2 aromatic rings. The Morgan fingerprint density at radius 3 is 2.54 bits per heavy atom. The number of fused-ring (bicyclic) bond motifs is 1. The second-order valence-corrected chi connectivity index (χ2v) is 7.12. The highest BCUT2D eigenvalue weighted by Gasteiger charge is 2.40. The molecule has 2 atom stereocenters. The largest absolute Gasteiger partial charge is 0.356 e. The standard InChI is InChI=1S/C18H23N5O/c1-13-5-17(20-12-19-13)23-10-15-8-22(9-16(15)11-23)7-14-3-4-18(24)21(2)6-14/h3-6,12,15-16H,7-11H2,1-2H3. The molecule has 2 aromatic heterocycles. The first kappa shape index (κ1) is 15.3. The van der Waals surface area contributed by atoms with Crippen molar-refractivity contribution in [3.63, 3.8) is 0 Å². The fourth-order valence-electron chi connectivity index (χ4n) is 4.02. The molecule has 6 heteroatoms. The Labute approximate surface area is 141 Å². The van der Waals surface area contributed by atoms with Crippen molar-refractivity contribution in [3.05, 3.63) is 52.3 Å². The number of aryl methyl sites for hydroxylation is 2. The number of anilines is 1. The smallest absolute Gasteiger partial charge is 0.250 e. The molecule has 0 radical (unpaired) electrons. The Bertz CT molecular complexity index is 788. The molecule has 0 aromatic carbocycles.